The Morgan fingerprint density at radius 1 is 1.06 bits per heavy atom. The molecule has 1 N–H and O–H groups in total. The molecule has 0 radical (unpaired) electrons. The molecular weight excluding hydrogens is 500 g/mol. The zero-order valence-corrected chi connectivity index (χ0v) is 21.8. The molecule has 7 nitrogen and oxygen atoms in total. The van der Waals surface area contributed by atoms with Crippen LogP contribution < -0.4 is 4.90 Å². The number of fused-ring (bicyclic) bond motifs is 1. The van der Waals surface area contributed by atoms with E-state index in [-0.39, 0.29) is 27.4 Å². The summed E-state index contributed by atoms with van der Waals surface area (Å²) in [6, 6.07) is 18.4. The number of anilines is 2. The van der Waals surface area contributed by atoms with Gasteiger partial charge in [-0.1, -0.05) is 61.8 Å². The van der Waals surface area contributed by atoms with E-state index in [9.17, 15) is 18.0 Å². The number of carbonyl (C=O) groups excluding carboxylic acids is 1. The summed E-state index contributed by atoms with van der Waals surface area (Å²) < 4.78 is 29.2. The van der Waals surface area contributed by atoms with Crippen LogP contribution in [-0.4, -0.2) is 49.2 Å². The molecule has 1 aliphatic heterocycles. The molecule has 4 rings (SSSR count). The summed E-state index contributed by atoms with van der Waals surface area (Å²) in [7, 11) is -2.31. The summed E-state index contributed by atoms with van der Waals surface area (Å²) >= 11 is 6.71. The normalized spacial score (nSPS) is 17.5. The van der Waals surface area contributed by atoms with Gasteiger partial charge in [0.05, 0.1) is 10.7 Å². The summed E-state index contributed by atoms with van der Waals surface area (Å²) in [6.45, 7) is 4.57. The molecule has 0 unspecified atom stereocenters. The molecule has 36 heavy (non-hydrogen) atoms. The predicted octanol–water partition coefficient (Wildman–Crippen LogP) is 5.46. The molecule has 3 aromatic rings. The fraction of sp³-hybridized carbons (Fsp3) is 0.259. The van der Waals surface area contributed by atoms with E-state index < -0.39 is 21.8 Å². The van der Waals surface area contributed by atoms with Crippen molar-refractivity contribution in [3.05, 3.63) is 77.3 Å². The first-order valence-corrected chi connectivity index (χ1v) is 13.3. The number of para-hydroxylation sites is 1. The quantitative estimate of drug-likeness (QED) is 0.338. The topological polar surface area (TPSA) is 95.0 Å². The highest BCUT2D eigenvalue weighted by atomic mass is 35.5. The fourth-order valence-electron chi connectivity index (χ4n) is 4.53. The van der Waals surface area contributed by atoms with Crippen molar-refractivity contribution in [3.8, 4) is 11.1 Å². The van der Waals surface area contributed by atoms with E-state index in [0.717, 1.165) is 5.69 Å². The number of likely N-dealkylation sites (N-methyl/N-ethyl adjacent to an activating group) is 1. The van der Waals surface area contributed by atoms with Crippen LogP contribution in [0.2, 0.25) is 5.02 Å². The second-order valence-electron chi connectivity index (χ2n) is 9.27. The number of sulfonamides is 1. The lowest BCUT2D eigenvalue weighted by Crippen LogP contribution is -2.41. The maximum Gasteiger partial charge on any atom is 0.377 e. The first-order chi connectivity index (χ1) is 17.0. The van der Waals surface area contributed by atoms with E-state index in [1.165, 1.54) is 22.5 Å². The molecule has 3 aromatic carbocycles. The van der Waals surface area contributed by atoms with Crippen LogP contribution in [-0.2, 0) is 14.8 Å². The van der Waals surface area contributed by atoms with Crippen LogP contribution in [0.5, 0.6) is 0 Å². The maximum atomic E-state index is 13.9. The highest BCUT2D eigenvalue weighted by Gasteiger charge is 2.38. The lowest BCUT2D eigenvalue weighted by molar-refractivity contribution is -0.131. The number of Topliss-reactive ketones (excluding diaryl/α,β-unsaturated/α-hetero) is 1. The Labute approximate surface area is 216 Å². The Bertz CT molecular complexity index is 1420. The number of halogens is 1. The number of carbonyl (C=O) groups is 2. The molecule has 1 aliphatic rings. The minimum Gasteiger partial charge on any atom is -0.475 e. The van der Waals surface area contributed by atoms with Crippen LogP contribution in [0.4, 0.5) is 11.4 Å². The van der Waals surface area contributed by atoms with Crippen LogP contribution in [0.25, 0.3) is 11.1 Å². The first-order valence-electron chi connectivity index (χ1n) is 11.5. The van der Waals surface area contributed by atoms with Crippen molar-refractivity contribution in [1.82, 2.24) is 4.31 Å². The minimum atomic E-state index is -3.91. The Balaban J connectivity index is 1.94. The lowest BCUT2D eigenvalue weighted by Gasteiger charge is -2.30. The SMILES string of the molecule is CC(C)C[C@@H]1CN(c2ccccc2)c2cc(Cl)c(-c3cccc(C(=O)C(=O)O)c3)cc2S(=O)(=O)N1C. The number of ketones is 1. The van der Waals surface area contributed by atoms with Gasteiger partial charge in [-0.3, -0.25) is 4.79 Å². The summed E-state index contributed by atoms with van der Waals surface area (Å²) in [5, 5.41) is 9.38. The number of rotatable bonds is 6. The second kappa shape index (κ2) is 10.0. The molecule has 0 spiro atoms. The van der Waals surface area contributed by atoms with Crippen molar-refractivity contribution in [2.45, 2.75) is 31.2 Å². The summed E-state index contributed by atoms with van der Waals surface area (Å²) in [6.07, 6.45) is 0.674. The molecule has 0 bridgehead atoms. The molecular formula is C27H27ClN2O5S. The third kappa shape index (κ3) is 4.89. The molecule has 0 fully saturated rings. The lowest BCUT2D eigenvalue weighted by atomic mass is 10.00. The van der Waals surface area contributed by atoms with Crippen molar-refractivity contribution >= 4 is 44.8 Å². The third-order valence-electron chi connectivity index (χ3n) is 6.35. The van der Waals surface area contributed by atoms with Crippen molar-refractivity contribution < 1.29 is 23.1 Å². The third-order valence-corrected chi connectivity index (χ3v) is 8.60. The molecule has 1 atom stereocenters. The molecule has 1 heterocycles. The molecule has 188 valence electrons. The molecule has 0 aliphatic carbocycles. The van der Waals surface area contributed by atoms with Crippen molar-refractivity contribution in [2.75, 3.05) is 18.5 Å². The maximum absolute atomic E-state index is 13.9. The van der Waals surface area contributed by atoms with Gasteiger partial charge in [0.15, 0.2) is 0 Å². The van der Waals surface area contributed by atoms with Crippen LogP contribution in [0.1, 0.15) is 30.6 Å². The number of hydrogen-bond donors (Lipinski definition) is 1. The number of carboxylic acids is 1. The smallest absolute Gasteiger partial charge is 0.377 e. The van der Waals surface area contributed by atoms with Gasteiger partial charge < -0.3 is 10.0 Å². The van der Waals surface area contributed by atoms with Gasteiger partial charge in [0.2, 0.25) is 10.0 Å². The standard InChI is InChI=1S/C27H27ClN2O5S/c1-17(2)12-21-16-30(20-10-5-4-6-11-20)24-15-23(28)22(14-25(24)36(34,35)29(21)3)18-8-7-9-19(13-18)26(31)27(32)33/h4-11,13-15,17,21H,12,16H2,1-3H3,(H,32,33)/t21-/m1/s1. The largest absolute Gasteiger partial charge is 0.475 e. The first kappa shape index (κ1) is 25.9. The Morgan fingerprint density at radius 2 is 1.75 bits per heavy atom. The van der Waals surface area contributed by atoms with E-state index in [0.29, 0.717) is 29.8 Å². The Morgan fingerprint density at radius 3 is 2.39 bits per heavy atom. The van der Waals surface area contributed by atoms with E-state index in [1.807, 2.05) is 35.2 Å². The second-order valence-corrected chi connectivity index (χ2v) is 11.6. The highest BCUT2D eigenvalue weighted by Crippen LogP contribution is 2.43. The van der Waals surface area contributed by atoms with E-state index in [4.69, 9.17) is 16.7 Å². The monoisotopic (exact) mass is 526 g/mol. The summed E-state index contributed by atoms with van der Waals surface area (Å²) in [5.74, 6) is -2.35. The van der Waals surface area contributed by atoms with Gasteiger partial charge in [0, 0.05) is 36.4 Å². The van der Waals surface area contributed by atoms with Gasteiger partial charge in [-0.2, -0.15) is 4.31 Å². The average molecular weight is 527 g/mol. The number of aliphatic carboxylic acids is 1. The van der Waals surface area contributed by atoms with Crippen LogP contribution in [0.3, 0.4) is 0 Å². The van der Waals surface area contributed by atoms with E-state index in [2.05, 4.69) is 13.8 Å². The van der Waals surface area contributed by atoms with E-state index >= 15 is 0 Å². The molecule has 0 amide bonds. The minimum absolute atomic E-state index is 0.0195. The number of hydrogen-bond acceptors (Lipinski definition) is 5. The van der Waals surface area contributed by atoms with Gasteiger partial charge in [-0.25, -0.2) is 13.2 Å². The zero-order valence-electron chi connectivity index (χ0n) is 20.2. The van der Waals surface area contributed by atoms with Crippen molar-refractivity contribution in [1.29, 1.82) is 0 Å². The van der Waals surface area contributed by atoms with Gasteiger partial charge in [-0.15, -0.1) is 0 Å². The average Bonchev–Trinajstić information content (AvgIpc) is 2.92. The Kier molecular flexibility index (Phi) is 7.22. The predicted molar refractivity (Wildman–Crippen MR) is 140 cm³/mol. The van der Waals surface area contributed by atoms with Gasteiger partial charge in [-0.05, 0) is 48.2 Å². The molecule has 0 saturated carbocycles. The highest BCUT2D eigenvalue weighted by molar-refractivity contribution is 7.89. The van der Waals surface area contributed by atoms with Gasteiger partial charge in [0.25, 0.3) is 5.78 Å². The van der Waals surface area contributed by atoms with E-state index in [1.54, 1.807) is 25.2 Å². The molecule has 0 aromatic heterocycles. The summed E-state index contributed by atoms with van der Waals surface area (Å²) in [4.78, 5) is 25.3. The molecule has 0 saturated heterocycles. The number of benzene rings is 3. The molecule has 9 heteroatoms. The van der Waals surface area contributed by atoms with Crippen molar-refractivity contribution in [3.63, 3.8) is 0 Å². The van der Waals surface area contributed by atoms with Crippen molar-refractivity contribution in [2.24, 2.45) is 5.92 Å². The van der Waals surface area contributed by atoms with Crippen LogP contribution in [0.15, 0.2) is 71.6 Å². The fourth-order valence-corrected chi connectivity index (χ4v) is 6.35. The Hall–Kier alpha value is -3.20. The number of nitrogens with zero attached hydrogens (tertiary/aromatic N) is 2. The van der Waals surface area contributed by atoms with Crippen LogP contribution in [0, 0.1) is 5.92 Å². The zero-order chi connectivity index (χ0) is 26.2. The number of carboxylic acid groups (broad SMARTS) is 1. The van der Waals surface area contributed by atoms with Gasteiger partial charge in [0.1, 0.15) is 4.90 Å². The summed E-state index contributed by atoms with van der Waals surface area (Å²) in [5.41, 5.74) is 2.13. The van der Waals surface area contributed by atoms with Crippen LogP contribution >= 0.6 is 11.6 Å². The van der Waals surface area contributed by atoms with Gasteiger partial charge >= 0.3 is 5.97 Å².